The summed E-state index contributed by atoms with van der Waals surface area (Å²) in [5, 5.41) is 75.5. The minimum atomic E-state index is -4.67. The molecule has 4 unspecified atom stereocenters. The Morgan fingerprint density at radius 2 is 1.33 bits per heavy atom. The van der Waals surface area contributed by atoms with Gasteiger partial charge in [-0.2, -0.15) is 0 Å². The Labute approximate surface area is 147 Å². The molecule has 1 fully saturated rings. The van der Waals surface area contributed by atoms with Crippen LogP contribution in [0.15, 0.2) is 0 Å². The smallest absolute Gasteiger partial charge is 0.336 e. The average molecular weight is 400 g/mol. The summed E-state index contributed by atoms with van der Waals surface area (Å²) in [4.78, 5) is 47.7. The number of hydrogen-bond acceptors (Lipinski definition) is 13. The zero-order valence-corrected chi connectivity index (χ0v) is 13.3. The summed E-state index contributed by atoms with van der Waals surface area (Å²) in [5.41, 5.74) is -4.34. The standard InChI is InChI=1S/C10H16N4O13/c1-2-12-4(16)7(19)8(20,5(17)13(23)24)10(22,6(18)14(25)26)27-9(7,21)3(11)15/h19-26H,2H2,1H3,(H2,11,15)(H,12,16). The van der Waals surface area contributed by atoms with Gasteiger partial charge in [0, 0.05) is 6.54 Å². The van der Waals surface area contributed by atoms with Crippen molar-refractivity contribution < 1.29 is 65.2 Å². The van der Waals surface area contributed by atoms with Crippen molar-refractivity contribution in [3.05, 3.63) is 0 Å². The maximum absolute atomic E-state index is 12.2. The highest BCUT2D eigenvalue weighted by Gasteiger charge is 2.91. The highest BCUT2D eigenvalue weighted by Crippen LogP contribution is 2.52. The van der Waals surface area contributed by atoms with E-state index < -0.39 is 63.4 Å². The molecule has 4 amide bonds. The predicted molar refractivity (Wildman–Crippen MR) is 69.6 cm³/mol. The van der Waals surface area contributed by atoms with Gasteiger partial charge in [-0.05, 0) is 6.92 Å². The topological polar surface area (TPSA) is 284 Å². The quantitative estimate of drug-likeness (QED) is 0.152. The molecule has 154 valence electrons. The molecular weight excluding hydrogens is 384 g/mol. The van der Waals surface area contributed by atoms with Crippen molar-refractivity contribution in [2.24, 2.45) is 5.73 Å². The van der Waals surface area contributed by atoms with E-state index in [1.165, 1.54) is 6.92 Å². The lowest BCUT2D eigenvalue weighted by Crippen LogP contribution is -2.80. The van der Waals surface area contributed by atoms with Gasteiger partial charge >= 0.3 is 11.8 Å². The molecule has 1 rings (SSSR count). The molecule has 1 aliphatic heterocycles. The zero-order valence-electron chi connectivity index (χ0n) is 13.3. The number of nitrogens with zero attached hydrogens (tertiary/aromatic N) is 2. The normalized spacial score (nSPS) is 35.4. The molecule has 27 heavy (non-hydrogen) atoms. The number of nitrogens with two attached hydrogens (primary N) is 1. The SMILES string of the molecule is CCNC(=O)C1(O)C(O)(C(N)=O)OC(O)(C(=O)N(O)O)C1(O)C(=O)N(O)O. The Balaban J connectivity index is 4.02. The van der Waals surface area contributed by atoms with Crippen LogP contribution in [0.5, 0.6) is 0 Å². The summed E-state index contributed by atoms with van der Waals surface area (Å²) >= 11 is 0. The van der Waals surface area contributed by atoms with Crippen LogP contribution in [-0.2, 0) is 23.9 Å². The molecule has 0 aliphatic carbocycles. The number of hydroxylamine groups is 4. The lowest BCUT2D eigenvalue weighted by molar-refractivity contribution is -0.348. The third kappa shape index (κ3) is 2.54. The molecule has 0 radical (unpaired) electrons. The van der Waals surface area contributed by atoms with Crippen molar-refractivity contribution in [3.63, 3.8) is 0 Å². The van der Waals surface area contributed by atoms with E-state index in [4.69, 9.17) is 26.6 Å². The second-order valence-electron chi connectivity index (χ2n) is 5.22. The second-order valence-corrected chi connectivity index (χ2v) is 5.22. The summed E-state index contributed by atoms with van der Waals surface area (Å²) in [6.07, 6.45) is 0. The molecule has 4 atom stereocenters. The van der Waals surface area contributed by atoms with Crippen molar-refractivity contribution in [1.29, 1.82) is 0 Å². The minimum absolute atomic E-state index is 0.416. The van der Waals surface area contributed by atoms with Crippen molar-refractivity contribution in [3.8, 4) is 0 Å². The highest BCUT2D eigenvalue weighted by atomic mass is 16.8. The fourth-order valence-corrected chi connectivity index (χ4v) is 2.47. The fourth-order valence-electron chi connectivity index (χ4n) is 2.47. The van der Waals surface area contributed by atoms with Gasteiger partial charge in [0.25, 0.3) is 34.6 Å². The van der Waals surface area contributed by atoms with Crippen LogP contribution in [-0.4, -0.2) is 105 Å². The van der Waals surface area contributed by atoms with Crippen LogP contribution >= 0.6 is 0 Å². The lowest BCUT2D eigenvalue weighted by atomic mass is 9.72. The number of rotatable bonds is 5. The van der Waals surface area contributed by atoms with Crippen molar-refractivity contribution >= 4 is 23.6 Å². The van der Waals surface area contributed by atoms with Gasteiger partial charge in [0.1, 0.15) is 0 Å². The lowest BCUT2D eigenvalue weighted by Gasteiger charge is -2.40. The van der Waals surface area contributed by atoms with Crippen LogP contribution < -0.4 is 11.1 Å². The summed E-state index contributed by atoms with van der Waals surface area (Å²) in [6.45, 7) is 0.785. The Hall–Kier alpha value is -2.48. The van der Waals surface area contributed by atoms with E-state index in [1.54, 1.807) is 5.32 Å². The first-order valence-corrected chi connectivity index (χ1v) is 6.72. The van der Waals surface area contributed by atoms with Crippen LogP contribution in [0.2, 0.25) is 0 Å². The van der Waals surface area contributed by atoms with Crippen LogP contribution in [0.25, 0.3) is 0 Å². The molecule has 17 heteroatoms. The number of nitrogens with one attached hydrogen (secondary N) is 1. The van der Waals surface area contributed by atoms with Gasteiger partial charge in [0.15, 0.2) is 0 Å². The number of aliphatic hydroxyl groups is 4. The van der Waals surface area contributed by atoms with Gasteiger partial charge in [-0.3, -0.25) is 44.7 Å². The third-order valence-electron chi connectivity index (χ3n) is 3.76. The number of amides is 4. The largest absolute Gasteiger partial charge is 0.372 e. The Morgan fingerprint density at radius 1 is 0.889 bits per heavy atom. The Morgan fingerprint density at radius 3 is 1.67 bits per heavy atom. The maximum atomic E-state index is 12.2. The fraction of sp³-hybridized carbons (Fsp3) is 0.600. The number of ether oxygens (including phenoxy) is 1. The minimum Gasteiger partial charge on any atom is -0.372 e. The van der Waals surface area contributed by atoms with E-state index in [2.05, 4.69) is 4.74 Å². The van der Waals surface area contributed by atoms with Crippen molar-refractivity contribution in [2.75, 3.05) is 6.54 Å². The van der Waals surface area contributed by atoms with E-state index in [-0.39, 0.29) is 0 Å². The van der Waals surface area contributed by atoms with Crippen molar-refractivity contribution in [2.45, 2.75) is 29.7 Å². The number of primary amides is 1. The molecule has 11 N–H and O–H groups in total. The molecule has 1 aliphatic rings. The highest BCUT2D eigenvalue weighted by molar-refractivity contribution is 6.08. The van der Waals surface area contributed by atoms with Gasteiger partial charge in [-0.25, -0.2) is 0 Å². The Bertz CT molecular complexity index is 684. The van der Waals surface area contributed by atoms with Crippen LogP contribution in [0.4, 0.5) is 0 Å². The predicted octanol–water partition coefficient (Wildman–Crippen LogP) is -6.31. The van der Waals surface area contributed by atoms with E-state index >= 15 is 0 Å². The number of likely N-dealkylation sites (N-methyl/N-ethyl adjacent to an activating group) is 1. The molecule has 0 bridgehead atoms. The van der Waals surface area contributed by atoms with Gasteiger partial charge < -0.3 is 31.5 Å². The monoisotopic (exact) mass is 400 g/mol. The molecule has 0 aromatic heterocycles. The third-order valence-corrected chi connectivity index (χ3v) is 3.76. The van der Waals surface area contributed by atoms with Crippen LogP contribution in [0, 0.1) is 0 Å². The number of hydrogen-bond donors (Lipinski definition) is 10. The second kappa shape index (κ2) is 6.60. The summed E-state index contributed by atoms with van der Waals surface area (Å²) in [6, 6.07) is 0. The average Bonchev–Trinajstić information content (AvgIpc) is 2.71. The molecular formula is C10H16N4O13. The summed E-state index contributed by atoms with van der Waals surface area (Å²) < 4.78 is 4.09. The first-order chi connectivity index (χ1) is 12.1. The van der Waals surface area contributed by atoms with E-state index in [9.17, 15) is 39.6 Å². The molecule has 0 aromatic carbocycles. The van der Waals surface area contributed by atoms with Gasteiger partial charge in [-0.15, -0.1) is 0 Å². The van der Waals surface area contributed by atoms with Gasteiger partial charge in [-0.1, -0.05) is 10.5 Å². The van der Waals surface area contributed by atoms with Gasteiger partial charge in [0.05, 0.1) is 0 Å². The number of carbonyl (C=O) groups is 4. The zero-order chi connectivity index (χ0) is 21.6. The van der Waals surface area contributed by atoms with E-state index in [1.807, 2.05) is 0 Å². The van der Waals surface area contributed by atoms with Gasteiger partial charge in [0.2, 0.25) is 0 Å². The Kier molecular flexibility index (Phi) is 5.51. The molecule has 0 saturated carbocycles. The first-order valence-electron chi connectivity index (χ1n) is 6.72. The van der Waals surface area contributed by atoms with Crippen LogP contribution in [0.1, 0.15) is 6.92 Å². The maximum Gasteiger partial charge on any atom is 0.336 e. The van der Waals surface area contributed by atoms with Crippen LogP contribution in [0.3, 0.4) is 0 Å². The molecule has 1 saturated heterocycles. The first kappa shape index (κ1) is 22.6. The summed E-state index contributed by atoms with van der Waals surface area (Å²) in [7, 11) is 0. The van der Waals surface area contributed by atoms with E-state index in [0.29, 0.717) is 0 Å². The molecule has 0 spiro atoms. The summed E-state index contributed by atoms with van der Waals surface area (Å²) in [5.74, 6) is -18.6. The van der Waals surface area contributed by atoms with E-state index in [0.717, 1.165) is 0 Å². The van der Waals surface area contributed by atoms with Crippen molar-refractivity contribution in [1.82, 2.24) is 15.8 Å². The molecule has 17 nitrogen and oxygen atoms in total. The number of carbonyl (C=O) groups excluding carboxylic acids is 4. The molecule has 0 aromatic rings. The molecule has 1 heterocycles.